The van der Waals surface area contributed by atoms with Crippen LogP contribution in [0.3, 0.4) is 0 Å². The van der Waals surface area contributed by atoms with Crippen LogP contribution in [0.2, 0.25) is 0 Å². The van der Waals surface area contributed by atoms with E-state index in [1.807, 2.05) is 4.57 Å². The van der Waals surface area contributed by atoms with Gasteiger partial charge in [0, 0.05) is 19.0 Å². The van der Waals surface area contributed by atoms with Gasteiger partial charge in [-0.2, -0.15) is 0 Å². The van der Waals surface area contributed by atoms with E-state index in [4.69, 9.17) is 4.74 Å². The Morgan fingerprint density at radius 3 is 3.00 bits per heavy atom. The summed E-state index contributed by atoms with van der Waals surface area (Å²) in [7, 11) is 1.25. The Balaban J connectivity index is 1.48. The summed E-state index contributed by atoms with van der Waals surface area (Å²) in [6.07, 6.45) is 5.56. The molecule has 0 aliphatic heterocycles. The highest BCUT2D eigenvalue weighted by molar-refractivity contribution is 6.02. The number of methoxy groups -OCH3 is 1. The van der Waals surface area contributed by atoms with Gasteiger partial charge in [0.1, 0.15) is 29.0 Å². The molecule has 3 aromatic heterocycles. The van der Waals surface area contributed by atoms with Crippen molar-refractivity contribution in [2.24, 2.45) is 0 Å². The number of rotatable bonds is 6. The first-order valence-corrected chi connectivity index (χ1v) is 9.33. The van der Waals surface area contributed by atoms with E-state index in [0.717, 1.165) is 18.7 Å². The Morgan fingerprint density at radius 2 is 2.21 bits per heavy atom. The quantitative estimate of drug-likeness (QED) is 0.483. The summed E-state index contributed by atoms with van der Waals surface area (Å²) in [5.41, 5.74) is 2.36. The molecule has 1 aromatic carbocycles. The van der Waals surface area contributed by atoms with Gasteiger partial charge in [-0.1, -0.05) is 0 Å². The normalized spacial score (nSPS) is 13.9. The highest BCUT2D eigenvalue weighted by Gasteiger charge is 2.31. The fourth-order valence-corrected chi connectivity index (χ4v) is 3.60. The standard InChI is InChI=1S/C19H18FN7O2/c1-29-19(28)14-11(20)4-5-12-16(14)27(10-2-3-10)13(26-12)6-7-21-17-15-18(23-8-22-15)25-9-24-17/h4-5,8-10H,2-3,6-7H2,1H3,(H2,21,22,23,24,25). The van der Waals surface area contributed by atoms with Gasteiger partial charge in [-0.05, 0) is 25.0 Å². The van der Waals surface area contributed by atoms with Crippen LogP contribution in [-0.2, 0) is 11.2 Å². The van der Waals surface area contributed by atoms with Gasteiger partial charge in [-0.15, -0.1) is 0 Å². The Kier molecular flexibility index (Phi) is 4.11. The van der Waals surface area contributed by atoms with Crippen LogP contribution in [0.1, 0.15) is 35.1 Å². The van der Waals surface area contributed by atoms with Crippen LogP contribution in [-0.4, -0.2) is 49.1 Å². The Hall–Kier alpha value is -3.56. The third kappa shape index (κ3) is 2.96. The molecule has 0 atom stereocenters. The monoisotopic (exact) mass is 395 g/mol. The molecular formula is C19H18FN7O2. The lowest BCUT2D eigenvalue weighted by atomic mass is 10.1. The molecule has 148 valence electrons. The maximum Gasteiger partial charge on any atom is 0.343 e. The maximum absolute atomic E-state index is 14.4. The van der Waals surface area contributed by atoms with E-state index in [1.54, 1.807) is 12.4 Å². The maximum atomic E-state index is 14.4. The van der Waals surface area contributed by atoms with Crippen molar-refractivity contribution in [3.8, 4) is 0 Å². The number of nitrogens with one attached hydrogen (secondary N) is 2. The van der Waals surface area contributed by atoms with Crippen molar-refractivity contribution in [3.05, 3.63) is 42.0 Å². The van der Waals surface area contributed by atoms with Crippen LogP contribution < -0.4 is 5.32 Å². The Labute approximate surface area is 164 Å². The second-order valence-electron chi connectivity index (χ2n) is 6.91. The molecule has 1 saturated carbocycles. The second-order valence-corrected chi connectivity index (χ2v) is 6.91. The zero-order valence-corrected chi connectivity index (χ0v) is 15.6. The van der Waals surface area contributed by atoms with E-state index in [9.17, 15) is 9.18 Å². The number of carbonyl (C=O) groups is 1. The van der Waals surface area contributed by atoms with Gasteiger partial charge in [0.2, 0.25) is 0 Å². The Bertz CT molecular complexity index is 1230. The molecule has 1 aliphatic rings. The smallest absolute Gasteiger partial charge is 0.343 e. The SMILES string of the molecule is COC(=O)c1c(F)ccc2nc(CCNc3ncnc4[nH]cnc34)n(C3CC3)c12. The number of esters is 1. The van der Waals surface area contributed by atoms with E-state index in [1.165, 1.54) is 19.5 Å². The van der Waals surface area contributed by atoms with Gasteiger partial charge in [0.15, 0.2) is 11.5 Å². The Morgan fingerprint density at radius 1 is 1.34 bits per heavy atom. The van der Waals surface area contributed by atoms with Gasteiger partial charge in [-0.3, -0.25) is 0 Å². The molecule has 10 heteroatoms. The highest BCUT2D eigenvalue weighted by Crippen LogP contribution is 2.40. The molecule has 0 saturated heterocycles. The molecule has 0 unspecified atom stereocenters. The molecule has 0 bridgehead atoms. The van der Waals surface area contributed by atoms with E-state index in [2.05, 4.69) is 30.2 Å². The molecule has 29 heavy (non-hydrogen) atoms. The minimum atomic E-state index is -0.693. The fraction of sp³-hybridized carbons (Fsp3) is 0.316. The van der Waals surface area contributed by atoms with Gasteiger partial charge in [-0.25, -0.2) is 29.1 Å². The summed E-state index contributed by atoms with van der Waals surface area (Å²) in [6.45, 7) is 0.547. The topological polar surface area (TPSA) is 111 Å². The summed E-state index contributed by atoms with van der Waals surface area (Å²) in [4.78, 5) is 32.4. The van der Waals surface area contributed by atoms with Crippen molar-refractivity contribution >= 4 is 34.0 Å². The van der Waals surface area contributed by atoms with Crippen molar-refractivity contribution in [2.75, 3.05) is 19.0 Å². The summed E-state index contributed by atoms with van der Waals surface area (Å²) in [5, 5.41) is 3.26. The summed E-state index contributed by atoms with van der Waals surface area (Å²) >= 11 is 0. The number of aromatic nitrogens is 6. The first-order chi connectivity index (χ1) is 14.2. The summed E-state index contributed by atoms with van der Waals surface area (Å²) < 4.78 is 21.2. The number of H-pyrrole nitrogens is 1. The third-order valence-corrected chi connectivity index (χ3v) is 5.03. The van der Waals surface area contributed by atoms with Crippen molar-refractivity contribution in [3.63, 3.8) is 0 Å². The molecule has 1 fully saturated rings. The lowest BCUT2D eigenvalue weighted by Gasteiger charge is -2.11. The van der Waals surface area contributed by atoms with Crippen LogP contribution in [0.15, 0.2) is 24.8 Å². The van der Waals surface area contributed by atoms with Crippen LogP contribution >= 0.6 is 0 Å². The predicted molar refractivity (Wildman–Crippen MR) is 103 cm³/mol. The van der Waals surface area contributed by atoms with Gasteiger partial charge in [0.25, 0.3) is 0 Å². The summed E-state index contributed by atoms with van der Waals surface area (Å²) in [6, 6.07) is 3.08. The highest BCUT2D eigenvalue weighted by atomic mass is 19.1. The number of hydrogen-bond donors (Lipinski definition) is 2. The van der Waals surface area contributed by atoms with E-state index in [0.29, 0.717) is 41.0 Å². The predicted octanol–water partition coefficient (Wildman–Crippen LogP) is 2.62. The number of imidazole rings is 2. The largest absolute Gasteiger partial charge is 0.465 e. The van der Waals surface area contributed by atoms with Gasteiger partial charge < -0.3 is 19.6 Å². The second kappa shape index (κ2) is 6.80. The first-order valence-electron chi connectivity index (χ1n) is 9.33. The number of anilines is 1. The number of benzene rings is 1. The van der Waals surface area contributed by atoms with Crippen LogP contribution in [0.25, 0.3) is 22.2 Å². The molecule has 9 nitrogen and oxygen atoms in total. The zero-order valence-electron chi connectivity index (χ0n) is 15.6. The molecule has 0 radical (unpaired) electrons. The van der Waals surface area contributed by atoms with Gasteiger partial charge in [0.05, 0.1) is 24.5 Å². The average molecular weight is 395 g/mol. The molecular weight excluding hydrogens is 377 g/mol. The van der Waals surface area contributed by atoms with Crippen molar-refractivity contribution in [1.29, 1.82) is 0 Å². The minimum Gasteiger partial charge on any atom is -0.465 e. The lowest BCUT2D eigenvalue weighted by Crippen LogP contribution is -2.13. The van der Waals surface area contributed by atoms with Crippen molar-refractivity contribution in [1.82, 2.24) is 29.5 Å². The number of ether oxygens (including phenoxy) is 1. The zero-order chi connectivity index (χ0) is 20.0. The number of nitrogens with zero attached hydrogens (tertiary/aromatic N) is 5. The number of fused-ring (bicyclic) bond motifs is 2. The number of carbonyl (C=O) groups excluding carboxylic acids is 1. The molecule has 3 heterocycles. The summed E-state index contributed by atoms with van der Waals surface area (Å²) in [5.74, 6) is 0.129. The molecule has 0 amide bonds. The molecule has 4 aromatic rings. The molecule has 0 spiro atoms. The van der Waals surface area contributed by atoms with E-state index in [-0.39, 0.29) is 11.6 Å². The molecule has 1 aliphatic carbocycles. The van der Waals surface area contributed by atoms with Crippen LogP contribution in [0.5, 0.6) is 0 Å². The third-order valence-electron chi connectivity index (χ3n) is 5.03. The minimum absolute atomic E-state index is 0.0577. The number of aromatic amines is 1. The van der Waals surface area contributed by atoms with Gasteiger partial charge >= 0.3 is 5.97 Å². The van der Waals surface area contributed by atoms with Crippen LogP contribution in [0, 0.1) is 5.82 Å². The lowest BCUT2D eigenvalue weighted by molar-refractivity contribution is 0.0597. The number of halogens is 1. The van der Waals surface area contributed by atoms with E-state index < -0.39 is 11.8 Å². The van der Waals surface area contributed by atoms with Crippen molar-refractivity contribution < 1.29 is 13.9 Å². The first kappa shape index (κ1) is 17.5. The van der Waals surface area contributed by atoms with Crippen LogP contribution in [0.4, 0.5) is 10.2 Å². The molecule has 5 rings (SSSR count). The average Bonchev–Trinajstić information content (AvgIpc) is 3.32. The van der Waals surface area contributed by atoms with E-state index >= 15 is 0 Å². The number of hydrogen-bond acceptors (Lipinski definition) is 7. The fourth-order valence-electron chi connectivity index (χ4n) is 3.60. The molecule has 2 N–H and O–H groups in total. The van der Waals surface area contributed by atoms with Crippen molar-refractivity contribution in [2.45, 2.75) is 25.3 Å².